The molecule has 0 saturated heterocycles. The summed E-state index contributed by atoms with van der Waals surface area (Å²) in [6.07, 6.45) is 2.63. The molecule has 9 heteroatoms. The van der Waals surface area contributed by atoms with Crippen LogP contribution in [0, 0.1) is 5.82 Å². The van der Waals surface area contributed by atoms with Crippen molar-refractivity contribution in [1.82, 2.24) is 0 Å². The van der Waals surface area contributed by atoms with Gasteiger partial charge in [0, 0.05) is 11.8 Å². The predicted octanol–water partition coefficient (Wildman–Crippen LogP) is 2.79. The molecule has 0 spiro atoms. The highest BCUT2D eigenvalue weighted by molar-refractivity contribution is 7.89. The number of methoxy groups -OCH3 is 1. The minimum Gasteiger partial charge on any atom is -0.495 e. The molecule has 2 aromatic rings. The molecule has 0 aliphatic carbocycles. The van der Waals surface area contributed by atoms with Crippen LogP contribution in [0.25, 0.3) is 6.08 Å². The van der Waals surface area contributed by atoms with Crippen molar-refractivity contribution in [3.8, 4) is 5.75 Å². The molecule has 0 fully saturated rings. The van der Waals surface area contributed by atoms with Crippen LogP contribution in [0.1, 0.15) is 5.56 Å². The molecule has 1 amide bonds. The van der Waals surface area contributed by atoms with Gasteiger partial charge >= 0.3 is 0 Å². The molecule has 2 rings (SSSR count). The monoisotopic (exact) mass is 384 g/mol. The van der Waals surface area contributed by atoms with Crippen LogP contribution >= 0.6 is 11.6 Å². The van der Waals surface area contributed by atoms with Crippen molar-refractivity contribution in [1.29, 1.82) is 0 Å². The predicted molar refractivity (Wildman–Crippen MR) is 93.4 cm³/mol. The first-order valence-electron chi connectivity index (χ1n) is 6.85. The quantitative estimate of drug-likeness (QED) is 0.774. The second-order valence-corrected chi connectivity index (χ2v) is 6.84. The van der Waals surface area contributed by atoms with Crippen LogP contribution in [0.5, 0.6) is 5.75 Å². The SMILES string of the molecule is COc1ccc(NC(=O)/C=C/c2ccc(F)c(Cl)c2)cc1S(N)(=O)=O. The maximum Gasteiger partial charge on any atom is 0.248 e. The third-order valence-electron chi connectivity index (χ3n) is 3.11. The molecule has 0 aliphatic heterocycles. The van der Waals surface area contributed by atoms with Gasteiger partial charge in [-0.1, -0.05) is 17.7 Å². The van der Waals surface area contributed by atoms with Gasteiger partial charge in [0.05, 0.1) is 12.1 Å². The summed E-state index contributed by atoms with van der Waals surface area (Å²) in [4.78, 5) is 11.7. The number of rotatable bonds is 5. The van der Waals surface area contributed by atoms with E-state index in [9.17, 15) is 17.6 Å². The van der Waals surface area contributed by atoms with Gasteiger partial charge in [0.15, 0.2) is 0 Å². The van der Waals surface area contributed by atoms with Gasteiger partial charge in [-0.25, -0.2) is 17.9 Å². The number of primary sulfonamides is 1. The fraction of sp³-hybridized carbons (Fsp3) is 0.0625. The molecule has 2 aromatic carbocycles. The molecule has 25 heavy (non-hydrogen) atoms. The number of carbonyl (C=O) groups excluding carboxylic acids is 1. The standard InChI is InChI=1S/C16H14ClFN2O4S/c1-24-14-6-4-11(9-15(14)25(19,22)23)20-16(21)7-3-10-2-5-13(18)12(17)8-10/h2-9H,1H3,(H,20,21)(H2,19,22,23)/b7-3+. The lowest BCUT2D eigenvalue weighted by Crippen LogP contribution is -2.15. The summed E-state index contributed by atoms with van der Waals surface area (Å²) in [7, 11) is -2.71. The van der Waals surface area contributed by atoms with Gasteiger partial charge in [0.1, 0.15) is 16.5 Å². The van der Waals surface area contributed by atoms with Crippen LogP contribution in [-0.2, 0) is 14.8 Å². The number of hydrogen-bond acceptors (Lipinski definition) is 4. The van der Waals surface area contributed by atoms with Crippen molar-refractivity contribution in [2.45, 2.75) is 4.90 Å². The second kappa shape index (κ2) is 7.64. The van der Waals surface area contributed by atoms with E-state index in [1.807, 2.05) is 0 Å². The van der Waals surface area contributed by atoms with Crippen molar-refractivity contribution in [2.24, 2.45) is 5.14 Å². The number of amides is 1. The molecule has 0 unspecified atom stereocenters. The minimum absolute atomic E-state index is 0.0597. The fourth-order valence-electron chi connectivity index (χ4n) is 1.95. The van der Waals surface area contributed by atoms with Crippen molar-refractivity contribution in [2.75, 3.05) is 12.4 Å². The van der Waals surface area contributed by atoms with E-state index in [1.54, 1.807) is 0 Å². The largest absolute Gasteiger partial charge is 0.495 e. The van der Waals surface area contributed by atoms with Gasteiger partial charge in [0.2, 0.25) is 15.9 Å². The molecule has 0 bridgehead atoms. The van der Waals surface area contributed by atoms with Gasteiger partial charge in [-0.3, -0.25) is 4.79 Å². The average Bonchev–Trinajstić information content (AvgIpc) is 2.55. The summed E-state index contributed by atoms with van der Waals surface area (Å²) in [5.74, 6) is -1.01. The lowest BCUT2D eigenvalue weighted by atomic mass is 10.2. The van der Waals surface area contributed by atoms with Crippen LogP contribution in [0.15, 0.2) is 47.4 Å². The molecule has 0 aromatic heterocycles. The normalized spacial score (nSPS) is 11.5. The molecule has 0 atom stereocenters. The van der Waals surface area contributed by atoms with E-state index in [4.69, 9.17) is 21.5 Å². The topological polar surface area (TPSA) is 98.5 Å². The van der Waals surface area contributed by atoms with Gasteiger partial charge in [-0.05, 0) is 42.0 Å². The maximum absolute atomic E-state index is 13.1. The first kappa shape index (κ1) is 18.9. The molecule has 3 N–H and O–H groups in total. The lowest BCUT2D eigenvalue weighted by Gasteiger charge is -2.09. The van der Waals surface area contributed by atoms with Gasteiger partial charge in [-0.2, -0.15) is 0 Å². The Balaban J connectivity index is 2.17. The highest BCUT2D eigenvalue weighted by Crippen LogP contribution is 2.26. The molecular formula is C16H14ClFN2O4S. The zero-order chi connectivity index (χ0) is 18.6. The van der Waals surface area contributed by atoms with E-state index >= 15 is 0 Å². The number of halogens is 2. The van der Waals surface area contributed by atoms with Gasteiger partial charge in [-0.15, -0.1) is 0 Å². The maximum atomic E-state index is 13.1. The third kappa shape index (κ3) is 5.02. The van der Waals surface area contributed by atoms with Crippen molar-refractivity contribution in [3.63, 3.8) is 0 Å². The number of hydrogen-bond donors (Lipinski definition) is 2. The Labute approximate surface area is 149 Å². The average molecular weight is 385 g/mol. The van der Waals surface area contributed by atoms with Crippen LogP contribution in [0.3, 0.4) is 0 Å². The molecular weight excluding hydrogens is 371 g/mol. The number of benzene rings is 2. The first-order chi connectivity index (χ1) is 11.7. The van der Waals surface area contributed by atoms with E-state index in [0.29, 0.717) is 5.56 Å². The van der Waals surface area contributed by atoms with Crippen LogP contribution in [0.2, 0.25) is 5.02 Å². The number of nitrogens with two attached hydrogens (primary N) is 1. The summed E-state index contributed by atoms with van der Waals surface area (Å²) < 4.78 is 41.1. The zero-order valence-electron chi connectivity index (χ0n) is 13.0. The second-order valence-electron chi connectivity index (χ2n) is 4.91. The van der Waals surface area contributed by atoms with Crippen LogP contribution in [0.4, 0.5) is 10.1 Å². The Bertz CT molecular complexity index is 945. The Hall–Kier alpha value is -2.42. The van der Waals surface area contributed by atoms with Crippen molar-refractivity contribution < 1.29 is 22.3 Å². The summed E-state index contributed by atoms with van der Waals surface area (Å²) in [5.41, 5.74) is 0.748. The van der Waals surface area contributed by atoms with E-state index < -0.39 is 21.7 Å². The summed E-state index contributed by atoms with van der Waals surface area (Å²) in [6.45, 7) is 0. The molecule has 0 saturated carbocycles. The Morgan fingerprint density at radius 3 is 2.60 bits per heavy atom. The molecule has 0 radical (unpaired) electrons. The highest BCUT2D eigenvalue weighted by atomic mass is 35.5. The van der Waals surface area contributed by atoms with Gasteiger partial charge < -0.3 is 10.1 Å². The number of sulfonamides is 1. The van der Waals surface area contributed by atoms with Crippen molar-refractivity contribution >= 4 is 39.3 Å². The highest BCUT2D eigenvalue weighted by Gasteiger charge is 2.16. The molecule has 132 valence electrons. The lowest BCUT2D eigenvalue weighted by molar-refractivity contribution is -0.111. The van der Waals surface area contributed by atoms with Crippen LogP contribution in [-0.4, -0.2) is 21.4 Å². The van der Waals surface area contributed by atoms with Crippen molar-refractivity contribution in [3.05, 3.63) is 58.9 Å². The number of ether oxygens (including phenoxy) is 1. The Morgan fingerprint density at radius 1 is 1.28 bits per heavy atom. The first-order valence-corrected chi connectivity index (χ1v) is 8.78. The fourth-order valence-corrected chi connectivity index (χ4v) is 2.86. The third-order valence-corrected chi connectivity index (χ3v) is 4.33. The summed E-state index contributed by atoms with van der Waals surface area (Å²) in [5, 5.41) is 7.55. The summed E-state index contributed by atoms with van der Waals surface area (Å²) >= 11 is 5.66. The minimum atomic E-state index is -4.01. The van der Waals surface area contributed by atoms with E-state index in [0.717, 1.165) is 0 Å². The van der Waals surface area contributed by atoms with E-state index in [1.165, 1.54) is 55.7 Å². The summed E-state index contributed by atoms with van der Waals surface area (Å²) in [6, 6.07) is 8.04. The Morgan fingerprint density at radius 2 is 2.00 bits per heavy atom. The number of anilines is 1. The molecule has 6 nitrogen and oxygen atoms in total. The number of nitrogens with one attached hydrogen (secondary N) is 1. The smallest absolute Gasteiger partial charge is 0.248 e. The van der Waals surface area contributed by atoms with Crippen LogP contribution < -0.4 is 15.2 Å². The molecule has 0 aliphatic rings. The Kier molecular flexibility index (Phi) is 5.78. The molecule has 0 heterocycles. The number of carbonyl (C=O) groups is 1. The van der Waals surface area contributed by atoms with Gasteiger partial charge in [0.25, 0.3) is 0 Å². The van der Waals surface area contributed by atoms with E-state index in [-0.39, 0.29) is 21.4 Å². The zero-order valence-corrected chi connectivity index (χ0v) is 14.6. The van der Waals surface area contributed by atoms with E-state index in [2.05, 4.69) is 5.32 Å².